The number of epoxide rings is 5. The lowest BCUT2D eigenvalue weighted by molar-refractivity contribution is -0.0813. The summed E-state index contributed by atoms with van der Waals surface area (Å²) in [5, 5.41) is 16.5. The van der Waals surface area contributed by atoms with Gasteiger partial charge >= 0.3 is 0 Å². The quantitative estimate of drug-likeness (QED) is 0.140. The van der Waals surface area contributed by atoms with Crippen LogP contribution in [0.15, 0.2) is 0 Å². The van der Waals surface area contributed by atoms with Gasteiger partial charge in [-0.2, -0.15) is 0 Å². The fourth-order valence-electron chi connectivity index (χ4n) is 3.17. The van der Waals surface area contributed by atoms with Crippen LogP contribution in [0.5, 0.6) is 0 Å². The first-order valence-electron chi connectivity index (χ1n) is 13.9. The summed E-state index contributed by atoms with van der Waals surface area (Å²) in [5.41, 5.74) is 0. The van der Waals surface area contributed by atoms with Gasteiger partial charge in [0.25, 0.3) is 0 Å². The molecular formula is C29H60O14. The molecule has 260 valence electrons. The molecule has 14 nitrogen and oxygen atoms in total. The second-order valence-electron chi connectivity index (χ2n) is 9.95. The van der Waals surface area contributed by atoms with E-state index in [-0.39, 0.29) is 78.2 Å². The molecule has 5 heterocycles. The van der Waals surface area contributed by atoms with E-state index in [1.165, 1.54) is 0 Å². The zero-order chi connectivity index (χ0) is 28.4. The van der Waals surface area contributed by atoms with Crippen LogP contribution in [0.2, 0.25) is 0 Å². The standard InChI is InChI=1S/C13H24O7.C12H20O6.CH4O.3CH4/c1-15-2-10(14)3-16-4-11(18-8-13-9-20-13)5-17-6-12-7-19-12;1(13-3-10-5-16-10)9(15-7-12-8-18-12)2-14-4-11-6-17-11;1-2;;;/h10-14H,2-9H2,1H3;9-12H,1-8H2;2H,1H3;3*1H4. The number of aliphatic hydroxyl groups excluding tert-OH is 2. The van der Waals surface area contributed by atoms with Crippen molar-refractivity contribution in [2.45, 2.75) is 71.1 Å². The van der Waals surface area contributed by atoms with Crippen LogP contribution in [-0.2, 0) is 56.8 Å². The minimum absolute atomic E-state index is 0. The highest BCUT2D eigenvalue weighted by atomic mass is 16.6. The topological polar surface area (TPSA) is 168 Å². The Kier molecular flexibility index (Phi) is 25.3. The van der Waals surface area contributed by atoms with Gasteiger partial charge in [0.2, 0.25) is 0 Å². The first-order chi connectivity index (χ1) is 19.7. The summed E-state index contributed by atoms with van der Waals surface area (Å²) in [5.74, 6) is 0. The average Bonchev–Trinajstić information content (AvgIpc) is 3.78. The van der Waals surface area contributed by atoms with Crippen molar-refractivity contribution in [1.82, 2.24) is 0 Å². The Morgan fingerprint density at radius 3 is 1.12 bits per heavy atom. The highest BCUT2D eigenvalue weighted by molar-refractivity contribution is 4.73. The maximum atomic E-state index is 9.49. The lowest BCUT2D eigenvalue weighted by atomic mass is 10.3. The SMILES string of the molecule is C.C.C.C(OCC1CO1)C(COCC1CO1)OCC1CO1.CO.COCC(O)COCC(COCC1CO1)OCC1CO1. The average molecular weight is 633 g/mol. The van der Waals surface area contributed by atoms with Gasteiger partial charge in [-0.1, -0.05) is 22.3 Å². The summed E-state index contributed by atoms with van der Waals surface area (Å²) in [6, 6.07) is 0. The van der Waals surface area contributed by atoms with Gasteiger partial charge in [-0.3, -0.25) is 0 Å². The van der Waals surface area contributed by atoms with Crippen molar-refractivity contribution in [3.63, 3.8) is 0 Å². The summed E-state index contributed by atoms with van der Waals surface area (Å²) in [4.78, 5) is 0. The number of rotatable bonds is 24. The van der Waals surface area contributed by atoms with E-state index in [4.69, 9.17) is 61.9 Å². The Balaban J connectivity index is 0.000000730. The van der Waals surface area contributed by atoms with Crippen molar-refractivity contribution >= 4 is 0 Å². The third-order valence-electron chi connectivity index (χ3n) is 5.84. The molecular weight excluding hydrogens is 572 g/mol. The Labute approximate surface area is 258 Å². The minimum Gasteiger partial charge on any atom is -0.400 e. The van der Waals surface area contributed by atoms with Crippen LogP contribution >= 0.6 is 0 Å². The maximum Gasteiger partial charge on any atom is 0.104 e. The van der Waals surface area contributed by atoms with Gasteiger partial charge in [-0.25, -0.2) is 0 Å². The second kappa shape index (κ2) is 25.6. The van der Waals surface area contributed by atoms with Crippen molar-refractivity contribution in [1.29, 1.82) is 0 Å². The van der Waals surface area contributed by atoms with Crippen LogP contribution in [0.3, 0.4) is 0 Å². The molecule has 0 aromatic carbocycles. The first kappa shape index (κ1) is 42.4. The van der Waals surface area contributed by atoms with Crippen LogP contribution in [0.4, 0.5) is 0 Å². The van der Waals surface area contributed by atoms with Crippen LogP contribution < -0.4 is 0 Å². The Hall–Kier alpha value is -0.560. The largest absolute Gasteiger partial charge is 0.400 e. The van der Waals surface area contributed by atoms with Crippen molar-refractivity contribution in [3.8, 4) is 0 Å². The Morgan fingerprint density at radius 1 is 0.512 bits per heavy atom. The van der Waals surface area contributed by atoms with Gasteiger partial charge in [-0.05, 0) is 0 Å². The van der Waals surface area contributed by atoms with E-state index in [2.05, 4.69) is 0 Å². The third kappa shape index (κ3) is 24.4. The lowest BCUT2D eigenvalue weighted by Crippen LogP contribution is -2.30. The van der Waals surface area contributed by atoms with E-state index in [1.54, 1.807) is 7.11 Å². The molecule has 5 aliphatic rings. The zero-order valence-electron chi connectivity index (χ0n) is 23.7. The van der Waals surface area contributed by atoms with E-state index < -0.39 is 6.10 Å². The molecule has 5 aliphatic heterocycles. The van der Waals surface area contributed by atoms with Crippen LogP contribution in [-0.4, -0.2) is 179 Å². The van der Waals surface area contributed by atoms with Crippen molar-refractivity contribution in [2.24, 2.45) is 0 Å². The summed E-state index contributed by atoms with van der Waals surface area (Å²) < 4.78 is 63.7. The zero-order valence-corrected chi connectivity index (χ0v) is 23.7. The molecule has 14 heteroatoms. The summed E-state index contributed by atoms with van der Waals surface area (Å²) >= 11 is 0. The molecule has 0 bridgehead atoms. The number of methoxy groups -OCH3 is 1. The lowest BCUT2D eigenvalue weighted by Gasteiger charge is -2.18. The van der Waals surface area contributed by atoms with Gasteiger partial charge in [0, 0.05) is 14.2 Å². The molecule has 0 aromatic rings. The van der Waals surface area contributed by atoms with E-state index in [0.29, 0.717) is 59.5 Å². The number of hydrogen-bond donors (Lipinski definition) is 2. The number of ether oxygens (including phenoxy) is 12. The van der Waals surface area contributed by atoms with Crippen molar-refractivity contribution < 1.29 is 67.1 Å². The highest BCUT2D eigenvalue weighted by Gasteiger charge is 2.28. The van der Waals surface area contributed by atoms with E-state index >= 15 is 0 Å². The molecule has 0 spiro atoms. The summed E-state index contributed by atoms with van der Waals surface area (Å²) in [6.07, 6.45) is 0.491. The Morgan fingerprint density at radius 2 is 0.814 bits per heavy atom. The van der Waals surface area contributed by atoms with E-state index in [0.717, 1.165) is 40.1 Å². The molecule has 5 saturated heterocycles. The molecule has 43 heavy (non-hydrogen) atoms. The van der Waals surface area contributed by atoms with Crippen molar-refractivity contribution in [3.05, 3.63) is 0 Å². The third-order valence-corrected chi connectivity index (χ3v) is 5.84. The van der Waals surface area contributed by atoms with Crippen LogP contribution in [0.1, 0.15) is 22.3 Å². The van der Waals surface area contributed by atoms with Gasteiger partial charge < -0.3 is 67.1 Å². The van der Waals surface area contributed by atoms with Gasteiger partial charge in [0.05, 0.1) is 106 Å². The van der Waals surface area contributed by atoms with Gasteiger partial charge in [0.1, 0.15) is 48.8 Å². The minimum atomic E-state index is -0.617. The highest BCUT2D eigenvalue weighted by Crippen LogP contribution is 2.14. The number of hydrogen-bond acceptors (Lipinski definition) is 14. The van der Waals surface area contributed by atoms with Gasteiger partial charge in [0.15, 0.2) is 0 Å². The molecule has 0 saturated carbocycles. The van der Waals surface area contributed by atoms with Crippen LogP contribution in [0.25, 0.3) is 0 Å². The molecule has 0 amide bonds. The first-order valence-corrected chi connectivity index (χ1v) is 13.9. The van der Waals surface area contributed by atoms with Crippen molar-refractivity contribution in [2.75, 3.05) is 120 Å². The maximum absolute atomic E-state index is 9.49. The second-order valence-corrected chi connectivity index (χ2v) is 9.95. The summed E-state index contributed by atoms with van der Waals surface area (Å²) in [6.45, 7) is 9.42. The predicted octanol–water partition coefficient (Wildman–Crippen LogP) is 0.328. The smallest absolute Gasteiger partial charge is 0.104 e. The van der Waals surface area contributed by atoms with Crippen LogP contribution in [0, 0.1) is 0 Å². The molecule has 0 aliphatic carbocycles. The molecule has 7 unspecified atom stereocenters. The molecule has 0 radical (unpaired) electrons. The normalized spacial score (nSPS) is 27.2. The fraction of sp³-hybridized carbons (Fsp3) is 1.00. The molecule has 0 aromatic heterocycles. The molecule has 2 N–H and O–H groups in total. The van der Waals surface area contributed by atoms with Gasteiger partial charge in [-0.15, -0.1) is 0 Å². The number of aliphatic hydroxyl groups is 2. The molecule has 5 fully saturated rings. The predicted molar refractivity (Wildman–Crippen MR) is 158 cm³/mol. The van der Waals surface area contributed by atoms with E-state index in [1.807, 2.05) is 0 Å². The Bertz CT molecular complexity index is 594. The summed E-state index contributed by atoms with van der Waals surface area (Å²) in [7, 11) is 2.54. The van der Waals surface area contributed by atoms with E-state index in [9.17, 15) is 5.11 Å². The fourth-order valence-corrected chi connectivity index (χ4v) is 3.17. The monoisotopic (exact) mass is 632 g/mol. The molecule has 5 rings (SSSR count). The molecule has 7 atom stereocenters.